The maximum Gasteiger partial charge on any atom is 0.307 e. The summed E-state index contributed by atoms with van der Waals surface area (Å²) in [5.74, 6) is -0.298. The number of carboxylic acid groups (broad SMARTS) is 1. The summed E-state index contributed by atoms with van der Waals surface area (Å²) in [5.41, 5.74) is 1.00. The summed E-state index contributed by atoms with van der Waals surface area (Å²) in [5, 5.41) is 9.22. The van der Waals surface area contributed by atoms with Crippen molar-refractivity contribution in [3.63, 3.8) is 0 Å². The predicted molar refractivity (Wildman–Crippen MR) is 103 cm³/mol. The van der Waals surface area contributed by atoms with E-state index in [4.69, 9.17) is 4.74 Å². The van der Waals surface area contributed by atoms with Crippen LogP contribution in [0.1, 0.15) is 31.7 Å². The van der Waals surface area contributed by atoms with E-state index in [0.29, 0.717) is 25.9 Å². The molecular weight excluding hydrogens is 342 g/mol. The molecule has 2 atom stereocenters. The molecule has 0 bridgehead atoms. The SMILES string of the molecule is CCCN(Cc1ccc(Oc2ccccc2)cc1)C(=O)[C@@H]1CC[C@@H]1C(=O)O. The Morgan fingerprint density at radius 3 is 2.19 bits per heavy atom. The number of aliphatic carboxylic acids is 1. The fourth-order valence-electron chi connectivity index (χ4n) is 3.37. The first-order chi connectivity index (χ1) is 13.1. The third-order valence-corrected chi connectivity index (χ3v) is 4.99. The number of para-hydroxylation sites is 1. The summed E-state index contributed by atoms with van der Waals surface area (Å²) in [7, 11) is 0. The zero-order valence-electron chi connectivity index (χ0n) is 15.5. The summed E-state index contributed by atoms with van der Waals surface area (Å²) in [6, 6.07) is 17.2. The lowest BCUT2D eigenvalue weighted by Crippen LogP contribution is -2.46. The van der Waals surface area contributed by atoms with Crippen molar-refractivity contribution in [1.82, 2.24) is 4.90 Å². The molecule has 5 heteroatoms. The third-order valence-electron chi connectivity index (χ3n) is 4.99. The molecule has 0 aliphatic heterocycles. The summed E-state index contributed by atoms with van der Waals surface area (Å²) in [6.45, 7) is 3.14. The Morgan fingerprint density at radius 2 is 1.63 bits per heavy atom. The van der Waals surface area contributed by atoms with Gasteiger partial charge in [-0.25, -0.2) is 0 Å². The molecule has 0 aromatic heterocycles. The second-order valence-electron chi connectivity index (χ2n) is 6.95. The average Bonchev–Trinajstić information content (AvgIpc) is 2.62. The van der Waals surface area contributed by atoms with Gasteiger partial charge in [0.05, 0.1) is 11.8 Å². The van der Waals surface area contributed by atoms with Crippen molar-refractivity contribution in [2.24, 2.45) is 11.8 Å². The van der Waals surface area contributed by atoms with Crippen molar-refractivity contribution in [3.8, 4) is 11.5 Å². The van der Waals surface area contributed by atoms with Crippen LogP contribution in [0.25, 0.3) is 0 Å². The number of hydrogen-bond acceptors (Lipinski definition) is 3. The Bertz CT molecular complexity index is 773. The second kappa shape index (κ2) is 8.71. The molecule has 5 nitrogen and oxygen atoms in total. The Kier molecular flexibility index (Phi) is 6.12. The first kappa shape index (κ1) is 19.0. The molecule has 1 aliphatic rings. The van der Waals surface area contributed by atoms with E-state index in [0.717, 1.165) is 23.5 Å². The van der Waals surface area contributed by atoms with E-state index in [2.05, 4.69) is 0 Å². The minimum atomic E-state index is -0.863. The van der Waals surface area contributed by atoms with E-state index in [1.165, 1.54) is 0 Å². The second-order valence-corrected chi connectivity index (χ2v) is 6.95. The number of amides is 1. The molecule has 1 N–H and O–H groups in total. The molecule has 1 fully saturated rings. The first-order valence-electron chi connectivity index (χ1n) is 9.42. The number of carbonyl (C=O) groups is 2. The van der Waals surface area contributed by atoms with Crippen molar-refractivity contribution in [1.29, 1.82) is 0 Å². The molecule has 0 radical (unpaired) electrons. The highest BCUT2D eigenvalue weighted by molar-refractivity contribution is 5.86. The van der Waals surface area contributed by atoms with Gasteiger partial charge in [-0.2, -0.15) is 0 Å². The van der Waals surface area contributed by atoms with Gasteiger partial charge in [-0.1, -0.05) is 37.3 Å². The van der Waals surface area contributed by atoms with Gasteiger partial charge in [0.15, 0.2) is 0 Å². The Morgan fingerprint density at radius 1 is 1.00 bits per heavy atom. The van der Waals surface area contributed by atoms with Crippen LogP contribution in [0.4, 0.5) is 0 Å². The Labute approximate surface area is 159 Å². The molecule has 3 rings (SSSR count). The van der Waals surface area contributed by atoms with Crippen molar-refractivity contribution in [2.75, 3.05) is 6.54 Å². The topological polar surface area (TPSA) is 66.8 Å². The van der Waals surface area contributed by atoms with Crippen LogP contribution in [-0.2, 0) is 16.1 Å². The van der Waals surface area contributed by atoms with Crippen LogP contribution in [0.3, 0.4) is 0 Å². The Balaban J connectivity index is 1.64. The van der Waals surface area contributed by atoms with Crippen molar-refractivity contribution >= 4 is 11.9 Å². The minimum Gasteiger partial charge on any atom is -0.481 e. The van der Waals surface area contributed by atoms with Crippen LogP contribution in [0.15, 0.2) is 54.6 Å². The van der Waals surface area contributed by atoms with Gasteiger partial charge >= 0.3 is 5.97 Å². The van der Waals surface area contributed by atoms with Crippen molar-refractivity contribution in [2.45, 2.75) is 32.7 Å². The number of carbonyl (C=O) groups excluding carboxylic acids is 1. The predicted octanol–water partition coefficient (Wildman–Crippen LogP) is 4.33. The zero-order chi connectivity index (χ0) is 19.2. The standard InChI is InChI=1S/C22H25NO4/c1-2-14-23(21(24)19-12-13-20(19)22(25)26)15-16-8-10-18(11-9-16)27-17-6-4-3-5-7-17/h3-11,19-20H,2,12-15H2,1H3,(H,25,26)/t19-,20+/m1/s1. The molecule has 27 heavy (non-hydrogen) atoms. The van der Waals surface area contributed by atoms with E-state index in [-0.39, 0.29) is 11.8 Å². The highest BCUT2D eigenvalue weighted by Crippen LogP contribution is 2.36. The molecule has 2 aromatic rings. The van der Waals surface area contributed by atoms with Gasteiger partial charge < -0.3 is 14.7 Å². The largest absolute Gasteiger partial charge is 0.481 e. The number of ether oxygens (including phenoxy) is 1. The molecule has 0 heterocycles. The van der Waals surface area contributed by atoms with Crippen LogP contribution < -0.4 is 4.74 Å². The lowest BCUT2D eigenvalue weighted by molar-refractivity contribution is -0.156. The number of hydrogen-bond donors (Lipinski definition) is 1. The molecule has 1 amide bonds. The minimum absolute atomic E-state index is 0.0416. The van der Waals surface area contributed by atoms with Gasteiger partial charge in [-0.05, 0) is 49.1 Å². The van der Waals surface area contributed by atoms with E-state index in [1.54, 1.807) is 4.90 Å². The van der Waals surface area contributed by atoms with Gasteiger partial charge in [-0.15, -0.1) is 0 Å². The van der Waals surface area contributed by atoms with Crippen LogP contribution in [0.5, 0.6) is 11.5 Å². The van der Waals surface area contributed by atoms with E-state index in [1.807, 2.05) is 61.5 Å². The fraction of sp³-hybridized carbons (Fsp3) is 0.364. The summed E-state index contributed by atoms with van der Waals surface area (Å²) >= 11 is 0. The van der Waals surface area contributed by atoms with Crippen LogP contribution in [0, 0.1) is 11.8 Å². The lowest BCUT2D eigenvalue weighted by atomic mass is 9.73. The molecule has 1 aliphatic carbocycles. The summed E-state index contributed by atoms with van der Waals surface area (Å²) in [6.07, 6.45) is 2.10. The molecule has 0 saturated heterocycles. The molecule has 2 aromatic carbocycles. The molecule has 142 valence electrons. The number of nitrogens with zero attached hydrogens (tertiary/aromatic N) is 1. The zero-order valence-corrected chi connectivity index (χ0v) is 15.5. The maximum absolute atomic E-state index is 12.8. The van der Waals surface area contributed by atoms with Crippen molar-refractivity contribution in [3.05, 3.63) is 60.2 Å². The van der Waals surface area contributed by atoms with Gasteiger partial charge in [0.2, 0.25) is 5.91 Å². The number of benzene rings is 2. The highest BCUT2D eigenvalue weighted by atomic mass is 16.5. The smallest absolute Gasteiger partial charge is 0.307 e. The van der Waals surface area contributed by atoms with E-state index >= 15 is 0 Å². The molecular formula is C22H25NO4. The maximum atomic E-state index is 12.8. The highest BCUT2D eigenvalue weighted by Gasteiger charge is 2.42. The average molecular weight is 367 g/mol. The first-order valence-corrected chi connectivity index (χ1v) is 9.42. The molecule has 0 unspecified atom stereocenters. The van der Waals surface area contributed by atoms with Crippen LogP contribution >= 0.6 is 0 Å². The fourth-order valence-corrected chi connectivity index (χ4v) is 3.37. The lowest BCUT2D eigenvalue weighted by Gasteiger charge is -2.36. The van der Waals surface area contributed by atoms with Gasteiger partial charge in [0, 0.05) is 13.1 Å². The van der Waals surface area contributed by atoms with Crippen molar-refractivity contribution < 1.29 is 19.4 Å². The number of rotatable bonds is 8. The van der Waals surface area contributed by atoms with E-state index < -0.39 is 11.9 Å². The Hall–Kier alpha value is -2.82. The quantitative estimate of drug-likeness (QED) is 0.754. The van der Waals surface area contributed by atoms with Crippen LogP contribution in [-0.4, -0.2) is 28.4 Å². The summed E-state index contributed by atoms with van der Waals surface area (Å²) < 4.78 is 5.79. The molecule has 1 saturated carbocycles. The number of carboxylic acids is 1. The van der Waals surface area contributed by atoms with Gasteiger partial charge in [-0.3, -0.25) is 9.59 Å². The molecule has 0 spiro atoms. The van der Waals surface area contributed by atoms with Gasteiger partial charge in [0.25, 0.3) is 0 Å². The van der Waals surface area contributed by atoms with Gasteiger partial charge in [0.1, 0.15) is 11.5 Å². The van der Waals surface area contributed by atoms with E-state index in [9.17, 15) is 14.7 Å². The normalized spacial score (nSPS) is 18.4. The monoisotopic (exact) mass is 367 g/mol. The third kappa shape index (κ3) is 4.67. The summed E-state index contributed by atoms with van der Waals surface area (Å²) in [4.78, 5) is 25.8. The van der Waals surface area contributed by atoms with Crippen LogP contribution in [0.2, 0.25) is 0 Å².